The van der Waals surface area contributed by atoms with E-state index in [0.29, 0.717) is 29.7 Å². The molecule has 0 atom stereocenters. The molecule has 1 N–H and O–H groups in total. The van der Waals surface area contributed by atoms with Crippen LogP contribution in [0.1, 0.15) is 62.7 Å². The van der Waals surface area contributed by atoms with Gasteiger partial charge in [0, 0.05) is 25.1 Å². The molecule has 1 saturated heterocycles. The van der Waals surface area contributed by atoms with Crippen LogP contribution in [-0.4, -0.2) is 51.0 Å². The van der Waals surface area contributed by atoms with E-state index in [0.717, 1.165) is 38.8 Å². The number of carboxylic acid groups (broad SMARTS) is 1. The Morgan fingerprint density at radius 3 is 2.43 bits per heavy atom. The van der Waals surface area contributed by atoms with Gasteiger partial charge < -0.3 is 19.2 Å². The second-order valence-electron chi connectivity index (χ2n) is 8.69. The Kier molecular flexibility index (Phi) is 6.74. The summed E-state index contributed by atoms with van der Waals surface area (Å²) in [7, 11) is 0. The minimum atomic E-state index is -0.968. The van der Waals surface area contributed by atoms with Crippen molar-refractivity contribution in [2.75, 3.05) is 13.1 Å². The van der Waals surface area contributed by atoms with Crippen molar-refractivity contribution < 1.29 is 23.8 Å². The summed E-state index contributed by atoms with van der Waals surface area (Å²) in [4.78, 5) is 24.9. The zero-order chi connectivity index (χ0) is 21.7. The van der Waals surface area contributed by atoms with Gasteiger partial charge in [-0.05, 0) is 76.6 Å². The van der Waals surface area contributed by atoms with Crippen LogP contribution in [0.2, 0.25) is 0 Å². The minimum absolute atomic E-state index is 0.219. The Labute approximate surface area is 176 Å². The quantitative estimate of drug-likeness (QED) is 0.745. The van der Waals surface area contributed by atoms with Gasteiger partial charge in [-0.15, -0.1) is 10.2 Å². The van der Waals surface area contributed by atoms with E-state index in [1.54, 1.807) is 17.0 Å². The summed E-state index contributed by atoms with van der Waals surface area (Å²) >= 11 is 0. The summed E-state index contributed by atoms with van der Waals surface area (Å²) in [6.45, 7) is 7.11. The lowest BCUT2D eigenvalue weighted by Gasteiger charge is -2.33. The zero-order valence-electron chi connectivity index (χ0n) is 17.8. The van der Waals surface area contributed by atoms with Gasteiger partial charge in [-0.3, -0.25) is 0 Å². The van der Waals surface area contributed by atoms with E-state index in [-0.39, 0.29) is 11.7 Å². The Morgan fingerprint density at radius 2 is 1.83 bits per heavy atom. The molecular formula is C22H29N3O5. The molecule has 0 unspecified atom stereocenters. The summed E-state index contributed by atoms with van der Waals surface area (Å²) < 4.78 is 11.2. The molecule has 1 aromatic heterocycles. The fourth-order valence-corrected chi connectivity index (χ4v) is 3.50. The lowest BCUT2D eigenvalue weighted by Crippen LogP contribution is -2.41. The minimum Gasteiger partial charge on any atom is -0.478 e. The first-order valence-electron chi connectivity index (χ1n) is 10.4. The first kappa shape index (κ1) is 21.8. The number of aromatic nitrogens is 2. The molecule has 1 amide bonds. The highest BCUT2D eigenvalue weighted by Gasteiger charge is 2.26. The maximum absolute atomic E-state index is 12.1. The maximum atomic E-state index is 12.1. The topological polar surface area (TPSA) is 106 Å². The van der Waals surface area contributed by atoms with E-state index in [1.165, 1.54) is 12.1 Å². The molecule has 8 heteroatoms. The predicted molar refractivity (Wildman–Crippen MR) is 110 cm³/mol. The Balaban J connectivity index is 1.41. The normalized spacial score (nSPS) is 15.2. The van der Waals surface area contributed by atoms with E-state index in [2.05, 4.69) is 10.2 Å². The highest BCUT2D eigenvalue weighted by atomic mass is 16.6. The summed E-state index contributed by atoms with van der Waals surface area (Å²) in [6.07, 6.45) is 4.42. The molecule has 0 saturated carbocycles. The second kappa shape index (κ2) is 9.28. The van der Waals surface area contributed by atoms with Crippen molar-refractivity contribution in [1.82, 2.24) is 15.1 Å². The third-order valence-electron chi connectivity index (χ3n) is 5.11. The largest absolute Gasteiger partial charge is 0.478 e. The number of rotatable bonds is 6. The average molecular weight is 415 g/mol. The number of piperidine rings is 1. The molecule has 0 aliphatic carbocycles. The van der Waals surface area contributed by atoms with Crippen LogP contribution >= 0.6 is 0 Å². The van der Waals surface area contributed by atoms with Gasteiger partial charge in [0.25, 0.3) is 0 Å². The van der Waals surface area contributed by atoms with E-state index < -0.39 is 11.6 Å². The highest BCUT2D eigenvalue weighted by molar-refractivity contribution is 5.88. The molecule has 0 spiro atoms. The maximum Gasteiger partial charge on any atom is 0.410 e. The van der Waals surface area contributed by atoms with Crippen LogP contribution in [0.5, 0.6) is 0 Å². The fourth-order valence-electron chi connectivity index (χ4n) is 3.50. The molecule has 1 aliphatic heterocycles. The standard InChI is InChI=1S/C22H29N3O5/c1-22(2,3)30-21(28)25-13-11-15(12-14-25)5-4-6-18-23-24-19(29-18)16-7-9-17(10-8-16)20(26)27/h7-10,15H,4-6,11-14H2,1-3H3,(H,26,27). The van der Waals surface area contributed by atoms with Gasteiger partial charge in [0.1, 0.15) is 5.60 Å². The third kappa shape index (κ3) is 6.05. The van der Waals surface area contributed by atoms with Crippen molar-refractivity contribution in [3.05, 3.63) is 35.7 Å². The molecule has 30 heavy (non-hydrogen) atoms. The SMILES string of the molecule is CC(C)(C)OC(=O)N1CCC(CCCc2nnc(-c3ccc(C(=O)O)cc3)o2)CC1. The Bertz CT molecular complexity index is 862. The van der Waals surface area contributed by atoms with Crippen LogP contribution in [0.3, 0.4) is 0 Å². The van der Waals surface area contributed by atoms with Crippen LogP contribution in [0.4, 0.5) is 4.79 Å². The predicted octanol–water partition coefficient (Wildman–Crippen LogP) is 4.40. The molecule has 1 fully saturated rings. The van der Waals surface area contributed by atoms with Crippen molar-refractivity contribution in [3.63, 3.8) is 0 Å². The number of amides is 1. The third-order valence-corrected chi connectivity index (χ3v) is 5.11. The fraction of sp³-hybridized carbons (Fsp3) is 0.545. The number of aryl methyl sites for hydroxylation is 1. The van der Waals surface area contributed by atoms with Crippen molar-refractivity contribution in [2.45, 2.75) is 58.5 Å². The van der Waals surface area contributed by atoms with Gasteiger partial charge in [0.15, 0.2) is 0 Å². The van der Waals surface area contributed by atoms with E-state index >= 15 is 0 Å². The number of aromatic carboxylic acids is 1. The Morgan fingerprint density at radius 1 is 1.17 bits per heavy atom. The van der Waals surface area contributed by atoms with E-state index in [9.17, 15) is 9.59 Å². The van der Waals surface area contributed by atoms with Crippen LogP contribution in [0.25, 0.3) is 11.5 Å². The molecule has 1 aromatic carbocycles. The first-order valence-corrected chi connectivity index (χ1v) is 10.4. The number of nitrogens with zero attached hydrogens (tertiary/aromatic N) is 3. The van der Waals surface area contributed by atoms with Gasteiger partial charge in [0.2, 0.25) is 11.8 Å². The number of carbonyl (C=O) groups is 2. The van der Waals surface area contributed by atoms with Crippen molar-refractivity contribution in [2.24, 2.45) is 5.92 Å². The number of carbonyl (C=O) groups excluding carboxylic acids is 1. The number of benzene rings is 1. The van der Waals surface area contributed by atoms with Crippen LogP contribution < -0.4 is 0 Å². The molecule has 0 radical (unpaired) electrons. The van der Waals surface area contributed by atoms with Gasteiger partial charge in [-0.2, -0.15) is 0 Å². The smallest absolute Gasteiger partial charge is 0.410 e. The van der Waals surface area contributed by atoms with Gasteiger partial charge >= 0.3 is 12.1 Å². The number of carboxylic acids is 1. The summed E-state index contributed by atoms with van der Waals surface area (Å²) in [5, 5.41) is 17.1. The summed E-state index contributed by atoms with van der Waals surface area (Å²) in [5.74, 6) is 0.588. The van der Waals surface area contributed by atoms with Crippen molar-refractivity contribution in [3.8, 4) is 11.5 Å². The van der Waals surface area contributed by atoms with Crippen molar-refractivity contribution in [1.29, 1.82) is 0 Å². The lowest BCUT2D eigenvalue weighted by molar-refractivity contribution is 0.0180. The average Bonchev–Trinajstić information content (AvgIpc) is 3.16. The van der Waals surface area contributed by atoms with Gasteiger partial charge in [0.05, 0.1) is 5.56 Å². The molecule has 1 aliphatic rings. The van der Waals surface area contributed by atoms with Crippen LogP contribution in [-0.2, 0) is 11.2 Å². The molecule has 162 valence electrons. The number of likely N-dealkylation sites (tertiary alicyclic amines) is 1. The molecule has 8 nitrogen and oxygen atoms in total. The molecular weight excluding hydrogens is 386 g/mol. The highest BCUT2D eigenvalue weighted by Crippen LogP contribution is 2.25. The van der Waals surface area contributed by atoms with Gasteiger partial charge in [-0.25, -0.2) is 9.59 Å². The lowest BCUT2D eigenvalue weighted by atomic mass is 9.92. The zero-order valence-corrected chi connectivity index (χ0v) is 17.8. The number of ether oxygens (including phenoxy) is 1. The monoisotopic (exact) mass is 415 g/mol. The molecule has 2 aromatic rings. The second-order valence-corrected chi connectivity index (χ2v) is 8.69. The summed E-state index contributed by atoms with van der Waals surface area (Å²) in [5.41, 5.74) is 0.458. The van der Waals surface area contributed by atoms with E-state index in [1.807, 2.05) is 20.8 Å². The first-order chi connectivity index (χ1) is 14.2. The Hall–Kier alpha value is -2.90. The van der Waals surface area contributed by atoms with Crippen LogP contribution in [0, 0.1) is 5.92 Å². The van der Waals surface area contributed by atoms with Gasteiger partial charge in [-0.1, -0.05) is 0 Å². The molecule has 3 rings (SSSR count). The number of hydrogen-bond acceptors (Lipinski definition) is 6. The summed E-state index contributed by atoms with van der Waals surface area (Å²) in [6, 6.07) is 6.37. The molecule has 0 bridgehead atoms. The number of hydrogen-bond donors (Lipinski definition) is 1. The van der Waals surface area contributed by atoms with Crippen molar-refractivity contribution >= 4 is 12.1 Å². The van der Waals surface area contributed by atoms with Crippen LogP contribution in [0.15, 0.2) is 28.7 Å². The van der Waals surface area contributed by atoms with E-state index in [4.69, 9.17) is 14.3 Å². The molecule has 2 heterocycles.